The fourth-order valence-corrected chi connectivity index (χ4v) is 2.18. The number of aliphatic carboxylic acids is 1. The molecule has 0 atom stereocenters. The Morgan fingerprint density at radius 2 is 2.29 bits per heavy atom. The first kappa shape index (κ1) is 11.0. The second-order valence-electron chi connectivity index (χ2n) is 2.95. The third kappa shape index (κ3) is 2.45. The van der Waals surface area contributed by atoms with Crippen LogP contribution in [0, 0.1) is 21.8 Å². The van der Waals surface area contributed by atoms with E-state index < -0.39 is 5.97 Å². The standard InChI is InChI=1S/C10H8INO2/c1-6-2-7(4-10(13)14)3-9(11)8(6)5-12/h2-3H,4H2,1H3,(H,13,14). The molecule has 0 spiro atoms. The number of halogens is 1. The SMILES string of the molecule is Cc1cc(CC(=O)O)cc(I)c1C#N. The first-order valence-electron chi connectivity index (χ1n) is 3.95. The molecule has 0 aromatic heterocycles. The molecule has 14 heavy (non-hydrogen) atoms. The smallest absolute Gasteiger partial charge is 0.307 e. The zero-order chi connectivity index (χ0) is 10.7. The molecule has 0 unspecified atom stereocenters. The van der Waals surface area contributed by atoms with Crippen LogP contribution in [-0.2, 0) is 11.2 Å². The van der Waals surface area contributed by atoms with Crippen LogP contribution in [0.5, 0.6) is 0 Å². The Kier molecular flexibility index (Phi) is 3.47. The van der Waals surface area contributed by atoms with Gasteiger partial charge in [-0.15, -0.1) is 0 Å². The normalized spacial score (nSPS) is 9.50. The quantitative estimate of drug-likeness (QED) is 0.851. The Labute approximate surface area is 95.5 Å². The highest BCUT2D eigenvalue weighted by Crippen LogP contribution is 2.18. The van der Waals surface area contributed by atoms with E-state index in [9.17, 15) is 4.79 Å². The molecule has 1 aromatic carbocycles. The maximum Gasteiger partial charge on any atom is 0.307 e. The van der Waals surface area contributed by atoms with E-state index in [-0.39, 0.29) is 6.42 Å². The van der Waals surface area contributed by atoms with Gasteiger partial charge in [0, 0.05) is 3.57 Å². The Bertz CT molecular complexity index is 398. The van der Waals surface area contributed by atoms with Gasteiger partial charge >= 0.3 is 5.97 Å². The number of nitrogens with zero attached hydrogens (tertiary/aromatic N) is 1. The molecule has 0 radical (unpaired) electrons. The Morgan fingerprint density at radius 3 is 2.71 bits per heavy atom. The number of aryl methyl sites for hydroxylation is 1. The lowest BCUT2D eigenvalue weighted by Gasteiger charge is -2.04. The number of carboxylic acid groups (broad SMARTS) is 1. The van der Waals surface area contributed by atoms with E-state index in [0.717, 1.165) is 14.7 Å². The molecular weight excluding hydrogens is 293 g/mol. The summed E-state index contributed by atoms with van der Waals surface area (Å²) in [5.41, 5.74) is 2.19. The molecule has 72 valence electrons. The van der Waals surface area contributed by atoms with Crippen LogP contribution in [-0.4, -0.2) is 11.1 Å². The van der Waals surface area contributed by atoms with Crippen molar-refractivity contribution in [2.75, 3.05) is 0 Å². The van der Waals surface area contributed by atoms with Gasteiger partial charge < -0.3 is 5.11 Å². The molecule has 3 nitrogen and oxygen atoms in total. The molecule has 0 amide bonds. The van der Waals surface area contributed by atoms with E-state index in [2.05, 4.69) is 6.07 Å². The van der Waals surface area contributed by atoms with E-state index in [4.69, 9.17) is 10.4 Å². The maximum atomic E-state index is 10.5. The van der Waals surface area contributed by atoms with E-state index in [1.54, 1.807) is 12.1 Å². The van der Waals surface area contributed by atoms with Crippen molar-refractivity contribution in [3.8, 4) is 6.07 Å². The second-order valence-corrected chi connectivity index (χ2v) is 4.11. The summed E-state index contributed by atoms with van der Waals surface area (Å²) in [5.74, 6) is -0.857. The summed E-state index contributed by atoms with van der Waals surface area (Å²) < 4.78 is 0.807. The topological polar surface area (TPSA) is 61.1 Å². The average Bonchev–Trinajstić information content (AvgIpc) is 2.01. The number of hydrogen-bond acceptors (Lipinski definition) is 2. The van der Waals surface area contributed by atoms with Gasteiger partial charge in [0.1, 0.15) is 6.07 Å². The molecule has 0 bridgehead atoms. The van der Waals surface area contributed by atoms with Crippen molar-refractivity contribution in [3.63, 3.8) is 0 Å². The molecule has 0 aliphatic carbocycles. The number of hydrogen-bond donors (Lipinski definition) is 1. The average molecular weight is 301 g/mol. The fourth-order valence-electron chi connectivity index (χ4n) is 1.23. The molecule has 0 aliphatic rings. The van der Waals surface area contributed by atoms with Crippen molar-refractivity contribution in [2.24, 2.45) is 0 Å². The molecule has 0 saturated heterocycles. The van der Waals surface area contributed by atoms with Gasteiger partial charge in [0.25, 0.3) is 0 Å². The fraction of sp³-hybridized carbons (Fsp3) is 0.200. The molecule has 0 aliphatic heterocycles. The molecule has 4 heteroatoms. The van der Waals surface area contributed by atoms with Gasteiger partial charge in [-0.25, -0.2) is 0 Å². The van der Waals surface area contributed by atoms with E-state index >= 15 is 0 Å². The molecule has 1 aromatic rings. The number of nitriles is 1. The summed E-state index contributed by atoms with van der Waals surface area (Å²) >= 11 is 2.04. The lowest BCUT2D eigenvalue weighted by molar-refractivity contribution is -0.136. The highest BCUT2D eigenvalue weighted by molar-refractivity contribution is 14.1. The third-order valence-electron chi connectivity index (χ3n) is 1.81. The predicted molar refractivity (Wildman–Crippen MR) is 60.0 cm³/mol. The molecule has 0 fully saturated rings. The van der Waals surface area contributed by atoms with Crippen LogP contribution in [0.15, 0.2) is 12.1 Å². The summed E-state index contributed by atoms with van der Waals surface area (Å²) in [7, 11) is 0. The van der Waals surface area contributed by atoms with Crippen molar-refractivity contribution in [3.05, 3.63) is 32.4 Å². The minimum atomic E-state index is -0.857. The highest BCUT2D eigenvalue weighted by Gasteiger charge is 2.07. The van der Waals surface area contributed by atoms with Crippen LogP contribution in [0.2, 0.25) is 0 Å². The lowest BCUT2D eigenvalue weighted by Crippen LogP contribution is -2.01. The second kappa shape index (κ2) is 4.42. The van der Waals surface area contributed by atoms with Crippen molar-refractivity contribution in [1.29, 1.82) is 5.26 Å². The third-order valence-corrected chi connectivity index (χ3v) is 2.67. The van der Waals surface area contributed by atoms with Gasteiger partial charge in [-0.05, 0) is 46.7 Å². The largest absolute Gasteiger partial charge is 0.481 e. The minimum Gasteiger partial charge on any atom is -0.481 e. The van der Waals surface area contributed by atoms with Crippen LogP contribution in [0.4, 0.5) is 0 Å². The van der Waals surface area contributed by atoms with Gasteiger partial charge in [0.15, 0.2) is 0 Å². The summed E-state index contributed by atoms with van der Waals surface area (Å²) in [6, 6.07) is 5.57. The first-order valence-corrected chi connectivity index (χ1v) is 5.03. The van der Waals surface area contributed by atoms with E-state index in [1.165, 1.54) is 0 Å². The summed E-state index contributed by atoms with van der Waals surface area (Å²) in [5, 5.41) is 17.4. The Balaban J connectivity index is 3.15. The maximum absolute atomic E-state index is 10.5. The lowest BCUT2D eigenvalue weighted by atomic mass is 10.0. The molecule has 0 saturated carbocycles. The zero-order valence-corrected chi connectivity index (χ0v) is 9.70. The highest BCUT2D eigenvalue weighted by atomic mass is 127. The van der Waals surface area contributed by atoms with Crippen molar-refractivity contribution >= 4 is 28.6 Å². The summed E-state index contributed by atoms with van der Waals surface area (Å²) in [4.78, 5) is 10.5. The number of carboxylic acids is 1. The van der Waals surface area contributed by atoms with E-state index in [0.29, 0.717) is 5.56 Å². The van der Waals surface area contributed by atoms with Gasteiger partial charge in [-0.2, -0.15) is 5.26 Å². The van der Waals surface area contributed by atoms with Crippen molar-refractivity contribution < 1.29 is 9.90 Å². The van der Waals surface area contributed by atoms with Crippen molar-refractivity contribution in [1.82, 2.24) is 0 Å². The Hall–Kier alpha value is -1.09. The van der Waals surface area contributed by atoms with Gasteiger partial charge in [-0.3, -0.25) is 4.79 Å². The van der Waals surface area contributed by atoms with Gasteiger partial charge in [0.05, 0.1) is 12.0 Å². The molecule has 0 heterocycles. The van der Waals surface area contributed by atoms with Crippen LogP contribution < -0.4 is 0 Å². The van der Waals surface area contributed by atoms with Gasteiger partial charge in [-0.1, -0.05) is 6.07 Å². The van der Waals surface area contributed by atoms with Crippen LogP contribution in [0.3, 0.4) is 0 Å². The molecule has 1 N–H and O–H groups in total. The number of benzene rings is 1. The Morgan fingerprint density at radius 1 is 1.64 bits per heavy atom. The number of carbonyl (C=O) groups is 1. The zero-order valence-electron chi connectivity index (χ0n) is 7.54. The molecular formula is C10H8INO2. The van der Waals surface area contributed by atoms with Crippen molar-refractivity contribution in [2.45, 2.75) is 13.3 Å². The number of rotatable bonds is 2. The van der Waals surface area contributed by atoms with Crippen LogP contribution in [0.1, 0.15) is 16.7 Å². The van der Waals surface area contributed by atoms with Crippen LogP contribution >= 0.6 is 22.6 Å². The first-order chi connectivity index (χ1) is 6.54. The van der Waals surface area contributed by atoms with E-state index in [1.807, 2.05) is 29.5 Å². The molecule has 1 rings (SSSR count). The van der Waals surface area contributed by atoms with Crippen LogP contribution in [0.25, 0.3) is 0 Å². The monoisotopic (exact) mass is 301 g/mol. The summed E-state index contributed by atoms with van der Waals surface area (Å²) in [6.45, 7) is 1.81. The van der Waals surface area contributed by atoms with Gasteiger partial charge in [0.2, 0.25) is 0 Å². The summed E-state index contributed by atoms with van der Waals surface area (Å²) in [6.07, 6.45) is 0.00253. The minimum absolute atomic E-state index is 0.00253. The predicted octanol–water partition coefficient (Wildman–Crippen LogP) is 2.10.